The van der Waals surface area contributed by atoms with Crippen LogP contribution in [0.2, 0.25) is 0 Å². The molecule has 5 heteroatoms. The van der Waals surface area contributed by atoms with Crippen molar-refractivity contribution in [3.8, 4) is 0 Å². The summed E-state index contributed by atoms with van der Waals surface area (Å²) in [6, 6.07) is 0. The van der Waals surface area contributed by atoms with Crippen molar-refractivity contribution in [2.75, 3.05) is 13.2 Å². The maximum absolute atomic E-state index is 11.1. The number of carbonyl (C=O) groups excluding carboxylic acids is 1. The summed E-state index contributed by atoms with van der Waals surface area (Å²) in [5.41, 5.74) is 0. The van der Waals surface area contributed by atoms with E-state index in [9.17, 15) is 9.59 Å². The van der Waals surface area contributed by atoms with Gasteiger partial charge in [-0.3, -0.25) is 9.59 Å². The number of aliphatic carboxylic acids is 1. The Bertz CT molecular complexity index is 246. The zero-order valence-electron chi connectivity index (χ0n) is 9.57. The number of likely N-dealkylation sites (N-methyl/N-ethyl adjacent to an activating group) is 1. The normalized spacial score (nSPS) is 25.1. The van der Waals surface area contributed by atoms with E-state index in [-0.39, 0.29) is 24.5 Å². The Morgan fingerprint density at radius 2 is 1.94 bits per heavy atom. The number of carboxylic acid groups (broad SMARTS) is 1. The van der Waals surface area contributed by atoms with Crippen LogP contribution in [0.4, 0.5) is 0 Å². The predicted molar refractivity (Wildman–Crippen MR) is 58.0 cm³/mol. The second-order valence-corrected chi connectivity index (χ2v) is 4.08. The molecule has 1 amide bonds. The third-order valence-electron chi connectivity index (χ3n) is 2.85. The van der Waals surface area contributed by atoms with Gasteiger partial charge >= 0.3 is 5.97 Å². The van der Waals surface area contributed by atoms with Crippen molar-refractivity contribution >= 4 is 11.9 Å². The van der Waals surface area contributed by atoms with E-state index in [1.807, 2.05) is 6.92 Å². The highest BCUT2D eigenvalue weighted by molar-refractivity contribution is 5.77. The number of rotatable bonds is 5. The maximum Gasteiger partial charge on any atom is 0.306 e. The first kappa shape index (κ1) is 13.0. The number of hydrogen-bond acceptors (Lipinski definition) is 3. The van der Waals surface area contributed by atoms with E-state index < -0.39 is 5.97 Å². The lowest BCUT2D eigenvalue weighted by molar-refractivity contribution is -0.144. The average Bonchev–Trinajstić information content (AvgIpc) is 2.27. The topological polar surface area (TPSA) is 75.6 Å². The Balaban J connectivity index is 2.17. The molecule has 16 heavy (non-hydrogen) atoms. The molecule has 0 bridgehead atoms. The zero-order chi connectivity index (χ0) is 12.0. The summed E-state index contributed by atoms with van der Waals surface area (Å²) in [5.74, 6) is -1.06. The third-order valence-corrected chi connectivity index (χ3v) is 2.85. The molecule has 1 saturated carbocycles. The van der Waals surface area contributed by atoms with Gasteiger partial charge in [0, 0.05) is 6.54 Å². The lowest BCUT2D eigenvalue weighted by Gasteiger charge is -2.25. The molecule has 2 N–H and O–H groups in total. The highest BCUT2D eigenvalue weighted by Gasteiger charge is 2.26. The summed E-state index contributed by atoms with van der Waals surface area (Å²) >= 11 is 0. The molecule has 0 radical (unpaired) electrons. The molecule has 0 aromatic rings. The van der Waals surface area contributed by atoms with Gasteiger partial charge in [-0.15, -0.1) is 0 Å². The minimum atomic E-state index is -0.720. The number of carbonyl (C=O) groups is 2. The van der Waals surface area contributed by atoms with E-state index in [1.54, 1.807) is 0 Å². The van der Waals surface area contributed by atoms with Gasteiger partial charge in [-0.2, -0.15) is 0 Å². The summed E-state index contributed by atoms with van der Waals surface area (Å²) in [4.78, 5) is 21.8. The second kappa shape index (κ2) is 6.48. The van der Waals surface area contributed by atoms with Crippen LogP contribution in [0.5, 0.6) is 0 Å². The van der Waals surface area contributed by atoms with Gasteiger partial charge < -0.3 is 15.2 Å². The minimum absolute atomic E-state index is 0.0400. The molecule has 0 aliphatic heterocycles. The van der Waals surface area contributed by atoms with Crippen molar-refractivity contribution in [3.63, 3.8) is 0 Å². The van der Waals surface area contributed by atoms with Crippen molar-refractivity contribution in [3.05, 3.63) is 0 Å². The van der Waals surface area contributed by atoms with Gasteiger partial charge in [0.05, 0.1) is 12.0 Å². The fourth-order valence-corrected chi connectivity index (χ4v) is 1.92. The molecule has 0 aromatic heterocycles. The van der Waals surface area contributed by atoms with Gasteiger partial charge in [-0.25, -0.2) is 0 Å². The van der Waals surface area contributed by atoms with Crippen LogP contribution in [-0.4, -0.2) is 36.2 Å². The summed E-state index contributed by atoms with van der Waals surface area (Å²) in [7, 11) is 0. The quantitative estimate of drug-likeness (QED) is 0.730. The molecular weight excluding hydrogens is 210 g/mol. The number of ether oxygens (including phenoxy) is 1. The van der Waals surface area contributed by atoms with Crippen molar-refractivity contribution in [1.29, 1.82) is 0 Å². The summed E-state index contributed by atoms with van der Waals surface area (Å²) in [6.45, 7) is 2.54. The lowest BCUT2D eigenvalue weighted by Crippen LogP contribution is -2.32. The lowest BCUT2D eigenvalue weighted by atomic mass is 9.87. The molecule has 0 atom stereocenters. The highest BCUT2D eigenvalue weighted by atomic mass is 16.5. The minimum Gasteiger partial charge on any atom is -0.481 e. The number of hydrogen-bond donors (Lipinski definition) is 2. The summed E-state index contributed by atoms with van der Waals surface area (Å²) in [5, 5.41) is 11.5. The van der Waals surface area contributed by atoms with E-state index >= 15 is 0 Å². The molecule has 0 aromatic carbocycles. The molecule has 1 fully saturated rings. The van der Waals surface area contributed by atoms with Gasteiger partial charge in [-0.1, -0.05) is 0 Å². The van der Waals surface area contributed by atoms with Crippen LogP contribution in [0.3, 0.4) is 0 Å². The van der Waals surface area contributed by atoms with Crippen molar-refractivity contribution in [2.45, 2.75) is 38.7 Å². The van der Waals surface area contributed by atoms with Crippen molar-refractivity contribution in [2.24, 2.45) is 5.92 Å². The highest BCUT2D eigenvalue weighted by Crippen LogP contribution is 2.26. The molecular formula is C11H19NO4. The Labute approximate surface area is 95.2 Å². The third kappa shape index (κ3) is 4.18. The van der Waals surface area contributed by atoms with Gasteiger partial charge in [-0.05, 0) is 32.6 Å². The average molecular weight is 229 g/mol. The first-order valence-corrected chi connectivity index (χ1v) is 5.74. The Kier molecular flexibility index (Phi) is 5.25. The molecule has 0 spiro atoms. The van der Waals surface area contributed by atoms with Crippen LogP contribution >= 0.6 is 0 Å². The van der Waals surface area contributed by atoms with Crippen molar-refractivity contribution < 1.29 is 19.4 Å². The Morgan fingerprint density at radius 1 is 1.31 bits per heavy atom. The maximum atomic E-state index is 11.1. The molecule has 1 aliphatic carbocycles. The Hall–Kier alpha value is -1.10. The van der Waals surface area contributed by atoms with Crippen LogP contribution in [0, 0.1) is 5.92 Å². The van der Waals surface area contributed by atoms with Gasteiger partial charge in [0.1, 0.15) is 6.61 Å². The van der Waals surface area contributed by atoms with Gasteiger partial charge in [0.25, 0.3) is 0 Å². The first-order valence-electron chi connectivity index (χ1n) is 5.74. The largest absolute Gasteiger partial charge is 0.481 e. The Morgan fingerprint density at radius 3 is 2.44 bits per heavy atom. The summed E-state index contributed by atoms with van der Waals surface area (Å²) < 4.78 is 5.42. The first-order chi connectivity index (χ1) is 7.63. The molecule has 92 valence electrons. The van der Waals surface area contributed by atoms with Crippen LogP contribution in [0.1, 0.15) is 32.6 Å². The van der Waals surface area contributed by atoms with Crippen molar-refractivity contribution in [1.82, 2.24) is 5.32 Å². The molecule has 0 heterocycles. The smallest absolute Gasteiger partial charge is 0.306 e. The fourth-order valence-electron chi connectivity index (χ4n) is 1.92. The zero-order valence-corrected chi connectivity index (χ0v) is 9.57. The van der Waals surface area contributed by atoms with Crippen LogP contribution in [0.15, 0.2) is 0 Å². The fraction of sp³-hybridized carbons (Fsp3) is 0.818. The second-order valence-electron chi connectivity index (χ2n) is 4.08. The van der Waals surface area contributed by atoms with E-state index in [1.165, 1.54) is 0 Å². The SMILES string of the molecule is CCNC(=O)COC1CCC(C(=O)O)CC1. The molecule has 0 unspecified atom stereocenters. The predicted octanol–water partition coefficient (Wildman–Crippen LogP) is 0.782. The molecule has 5 nitrogen and oxygen atoms in total. The molecule has 1 rings (SSSR count). The van der Waals surface area contributed by atoms with Gasteiger partial charge in [0.2, 0.25) is 5.91 Å². The monoisotopic (exact) mass is 229 g/mol. The van der Waals surface area contributed by atoms with E-state index in [0.717, 1.165) is 12.8 Å². The molecule has 1 aliphatic rings. The number of amides is 1. The number of carboxylic acids is 1. The van der Waals surface area contributed by atoms with Crippen LogP contribution in [-0.2, 0) is 14.3 Å². The molecule has 0 saturated heterocycles. The van der Waals surface area contributed by atoms with Gasteiger partial charge in [0.15, 0.2) is 0 Å². The van der Waals surface area contributed by atoms with Crippen LogP contribution in [0.25, 0.3) is 0 Å². The standard InChI is InChI=1S/C11H19NO4/c1-2-12-10(13)7-16-9-5-3-8(4-6-9)11(14)15/h8-9H,2-7H2,1H3,(H,12,13)(H,14,15). The summed E-state index contributed by atoms with van der Waals surface area (Å²) in [6.07, 6.45) is 2.80. The van der Waals surface area contributed by atoms with Crippen LogP contribution < -0.4 is 5.32 Å². The number of nitrogens with one attached hydrogen (secondary N) is 1. The van der Waals surface area contributed by atoms with E-state index in [2.05, 4.69) is 5.32 Å². The van der Waals surface area contributed by atoms with E-state index in [4.69, 9.17) is 9.84 Å². The van der Waals surface area contributed by atoms with E-state index in [0.29, 0.717) is 19.4 Å².